The largest absolute Gasteiger partial charge is 0.465 e. The van der Waals surface area contributed by atoms with Crippen molar-refractivity contribution < 1.29 is 18.8 Å². The molecule has 3 aromatic rings. The molecule has 6 nitrogen and oxygen atoms in total. The molecular formula is C18H16N2O4S. The standard InChI is InChI=1S/C18H16N2O4S/c1-10-9-13(20-24-10)16(21)19-17-15(18(22)23-3)14(11(2)25-17)12-7-5-4-6-8-12/h4-9H,1-3H3,(H,19,21). The molecule has 0 bridgehead atoms. The summed E-state index contributed by atoms with van der Waals surface area (Å²) in [6, 6.07) is 11.0. The van der Waals surface area contributed by atoms with E-state index in [0.29, 0.717) is 16.3 Å². The van der Waals surface area contributed by atoms with Crippen LogP contribution in [0.2, 0.25) is 0 Å². The third kappa shape index (κ3) is 3.32. The first kappa shape index (κ1) is 16.9. The van der Waals surface area contributed by atoms with Crippen LogP contribution in [0.1, 0.15) is 31.5 Å². The van der Waals surface area contributed by atoms with Crippen molar-refractivity contribution in [1.82, 2.24) is 5.16 Å². The molecule has 2 heterocycles. The highest BCUT2D eigenvalue weighted by Gasteiger charge is 2.25. The molecule has 2 aromatic heterocycles. The van der Waals surface area contributed by atoms with Crippen LogP contribution in [-0.2, 0) is 4.74 Å². The molecule has 0 saturated heterocycles. The van der Waals surface area contributed by atoms with Crippen LogP contribution in [0.3, 0.4) is 0 Å². The number of carbonyl (C=O) groups excluding carboxylic acids is 2. The quantitative estimate of drug-likeness (QED) is 0.713. The monoisotopic (exact) mass is 356 g/mol. The summed E-state index contributed by atoms with van der Waals surface area (Å²) in [6.45, 7) is 3.60. The fourth-order valence-corrected chi connectivity index (χ4v) is 3.58. The molecule has 0 aliphatic rings. The molecule has 0 spiro atoms. The normalized spacial score (nSPS) is 10.5. The van der Waals surface area contributed by atoms with Gasteiger partial charge in [0.15, 0.2) is 5.69 Å². The highest BCUT2D eigenvalue weighted by atomic mass is 32.1. The third-order valence-corrected chi connectivity index (χ3v) is 4.64. The van der Waals surface area contributed by atoms with E-state index in [9.17, 15) is 9.59 Å². The molecule has 1 amide bonds. The number of nitrogens with zero attached hydrogens (tertiary/aromatic N) is 1. The summed E-state index contributed by atoms with van der Waals surface area (Å²) in [5.41, 5.74) is 2.13. The number of rotatable bonds is 4. The summed E-state index contributed by atoms with van der Waals surface area (Å²) in [6.07, 6.45) is 0. The number of thiophene rings is 1. The first-order valence-electron chi connectivity index (χ1n) is 7.53. The highest BCUT2D eigenvalue weighted by Crippen LogP contribution is 2.40. The fourth-order valence-electron chi connectivity index (χ4n) is 2.52. The number of aryl methyl sites for hydroxylation is 2. The van der Waals surface area contributed by atoms with Crippen LogP contribution >= 0.6 is 11.3 Å². The maximum absolute atomic E-state index is 12.4. The van der Waals surface area contributed by atoms with E-state index in [-0.39, 0.29) is 5.69 Å². The van der Waals surface area contributed by atoms with Crippen LogP contribution < -0.4 is 5.32 Å². The van der Waals surface area contributed by atoms with E-state index in [2.05, 4.69) is 10.5 Å². The molecular weight excluding hydrogens is 340 g/mol. The summed E-state index contributed by atoms with van der Waals surface area (Å²) in [5.74, 6) is -0.414. The second kappa shape index (κ2) is 6.90. The van der Waals surface area contributed by atoms with Gasteiger partial charge in [0.05, 0.1) is 7.11 Å². The van der Waals surface area contributed by atoms with Crippen LogP contribution in [0.5, 0.6) is 0 Å². The molecule has 1 aromatic carbocycles. The van der Waals surface area contributed by atoms with Crippen LogP contribution in [-0.4, -0.2) is 24.1 Å². The Balaban J connectivity index is 2.05. The van der Waals surface area contributed by atoms with Gasteiger partial charge in [-0.2, -0.15) is 0 Å². The van der Waals surface area contributed by atoms with Crippen molar-refractivity contribution in [1.29, 1.82) is 0 Å². The van der Waals surface area contributed by atoms with Gasteiger partial charge in [0.1, 0.15) is 16.3 Å². The molecule has 128 valence electrons. The van der Waals surface area contributed by atoms with E-state index in [1.807, 2.05) is 37.3 Å². The number of benzene rings is 1. The number of carbonyl (C=O) groups is 2. The Kier molecular flexibility index (Phi) is 4.67. The van der Waals surface area contributed by atoms with Crippen LogP contribution in [0.15, 0.2) is 40.9 Å². The molecule has 0 fully saturated rings. The number of amides is 1. The number of hydrogen-bond donors (Lipinski definition) is 1. The maximum Gasteiger partial charge on any atom is 0.341 e. The number of hydrogen-bond acceptors (Lipinski definition) is 6. The first-order chi connectivity index (χ1) is 12.0. The van der Waals surface area contributed by atoms with Crippen molar-refractivity contribution >= 4 is 28.2 Å². The van der Waals surface area contributed by atoms with Crippen LogP contribution in [0.25, 0.3) is 11.1 Å². The van der Waals surface area contributed by atoms with Gasteiger partial charge in [-0.1, -0.05) is 35.5 Å². The van der Waals surface area contributed by atoms with Crippen molar-refractivity contribution in [2.75, 3.05) is 12.4 Å². The summed E-state index contributed by atoms with van der Waals surface area (Å²) in [4.78, 5) is 25.6. The number of ether oxygens (including phenoxy) is 1. The smallest absolute Gasteiger partial charge is 0.341 e. The molecule has 7 heteroatoms. The van der Waals surface area contributed by atoms with Gasteiger partial charge in [0.2, 0.25) is 0 Å². The summed E-state index contributed by atoms with van der Waals surface area (Å²) < 4.78 is 9.85. The van der Waals surface area contributed by atoms with Gasteiger partial charge in [-0.3, -0.25) is 4.79 Å². The molecule has 0 aliphatic carbocycles. The average Bonchev–Trinajstić information content (AvgIpc) is 3.18. The number of anilines is 1. The molecule has 0 atom stereocenters. The maximum atomic E-state index is 12.4. The molecule has 3 rings (SSSR count). The van der Waals surface area contributed by atoms with Gasteiger partial charge in [0, 0.05) is 16.5 Å². The van der Waals surface area contributed by atoms with E-state index >= 15 is 0 Å². The second-order valence-corrected chi connectivity index (χ2v) is 6.60. The van der Waals surface area contributed by atoms with Gasteiger partial charge in [0.25, 0.3) is 5.91 Å². The van der Waals surface area contributed by atoms with Gasteiger partial charge in [-0.25, -0.2) is 4.79 Å². The minimum atomic E-state index is -0.505. The Morgan fingerprint density at radius 2 is 1.92 bits per heavy atom. The zero-order valence-corrected chi connectivity index (χ0v) is 14.8. The summed E-state index contributed by atoms with van der Waals surface area (Å²) >= 11 is 1.32. The highest BCUT2D eigenvalue weighted by molar-refractivity contribution is 7.17. The van der Waals surface area contributed by atoms with Gasteiger partial charge in [-0.05, 0) is 19.4 Å². The Labute approximate surface area is 148 Å². The molecule has 0 radical (unpaired) electrons. The Bertz CT molecular complexity index is 928. The van der Waals surface area contributed by atoms with Crippen LogP contribution in [0.4, 0.5) is 5.00 Å². The SMILES string of the molecule is COC(=O)c1c(NC(=O)c2cc(C)on2)sc(C)c1-c1ccccc1. The Morgan fingerprint density at radius 1 is 1.20 bits per heavy atom. The van der Waals surface area contributed by atoms with Crippen LogP contribution in [0, 0.1) is 13.8 Å². The predicted octanol–water partition coefficient (Wildman–Crippen LogP) is 4.06. The second-order valence-electron chi connectivity index (χ2n) is 5.37. The van der Waals surface area contributed by atoms with E-state index in [0.717, 1.165) is 16.0 Å². The lowest BCUT2D eigenvalue weighted by atomic mass is 10.0. The van der Waals surface area contributed by atoms with Crippen molar-refractivity contribution in [3.63, 3.8) is 0 Å². The lowest BCUT2D eigenvalue weighted by Gasteiger charge is -2.07. The number of methoxy groups -OCH3 is 1. The molecule has 0 unspecified atom stereocenters. The minimum Gasteiger partial charge on any atom is -0.465 e. The van der Waals surface area contributed by atoms with Crippen molar-refractivity contribution in [2.45, 2.75) is 13.8 Å². The molecule has 0 aliphatic heterocycles. The van der Waals surface area contributed by atoms with Crippen molar-refractivity contribution in [2.24, 2.45) is 0 Å². The molecule has 25 heavy (non-hydrogen) atoms. The van der Waals surface area contributed by atoms with E-state index in [1.165, 1.54) is 24.5 Å². The first-order valence-corrected chi connectivity index (χ1v) is 8.34. The van der Waals surface area contributed by atoms with Gasteiger partial charge >= 0.3 is 5.97 Å². The number of nitrogens with one attached hydrogen (secondary N) is 1. The number of aromatic nitrogens is 1. The lowest BCUT2D eigenvalue weighted by Crippen LogP contribution is -2.14. The van der Waals surface area contributed by atoms with E-state index < -0.39 is 11.9 Å². The van der Waals surface area contributed by atoms with Crippen molar-refractivity contribution in [3.05, 3.63) is 58.3 Å². The predicted molar refractivity (Wildman–Crippen MR) is 95.0 cm³/mol. The topological polar surface area (TPSA) is 81.4 Å². The Morgan fingerprint density at radius 3 is 2.52 bits per heavy atom. The summed E-state index contributed by atoms with van der Waals surface area (Å²) in [7, 11) is 1.32. The Hall–Kier alpha value is -2.93. The zero-order valence-electron chi connectivity index (χ0n) is 14.0. The van der Waals surface area contributed by atoms with Gasteiger partial charge < -0.3 is 14.6 Å². The van der Waals surface area contributed by atoms with Gasteiger partial charge in [-0.15, -0.1) is 11.3 Å². The fraction of sp³-hybridized carbons (Fsp3) is 0.167. The number of esters is 1. The molecule has 1 N–H and O–H groups in total. The van der Waals surface area contributed by atoms with E-state index in [1.54, 1.807) is 6.92 Å². The lowest BCUT2D eigenvalue weighted by molar-refractivity contribution is 0.0603. The van der Waals surface area contributed by atoms with E-state index in [4.69, 9.17) is 9.26 Å². The zero-order chi connectivity index (χ0) is 18.0. The average molecular weight is 356 g/mol. The third-order valence-electron chi connectivity index (χ3n) is 3.62. The minimum absolute atomic E-state index is 0.153. The van der Waals surface area contributed by atoms with Crippen molar-refractivity contribution in [3.8, 4) is 11.1 Å². The summed E-state index contributed by atoms with van der Waals surface area (Å²) in [5, 5.41) is 6.86. The molecule has 0 saturated carbocycles.